The number of rotatable bonds is 4. The highest BCUT2D eigenvalue weighted by Crippen LogP contribution is 2.28. The molecule has 2 N–H and O–H groups in total. The number of hydrogen-bond donors (Lipinski definition) is 1. The van der Waals surface area contributed by atoms with Gasteiger partial charge in [0.1, 0.15) is 5.75 Å². The first-order valence-corrected chi connectivity index (χ1v) is 6.58. The van der Waals surface area contributed by atoms with Crippen LogP contribution in [0.4, 0.5) is 0 Å². The summed E-state index contributed by atoms with van der Waals surface area (Å²) in [6.07, 6.45) is 1.70. The van der Waals surface area contributed by atoms with E-state index in [4.69, 9.17) is 22.1 Å². The summed E-state index contributed by atoms with van der Waals surface area (Å²) in [5.74, 6) is 0.793. The Kier molecular flexibility index (Phi) is 4.40. The van der Waals surface area contributed by atoms with Crippen molar-refractivity contribution in [1.82, 2.24) is 4.98 Å². The highest BCUT2D eigenvalue weighted by atomic mass is 35.5. The second kappa shape index (κ2) is 6.04. The van der Waals surface area contributed by atoms with Gasteiger partial charge in [-0.25, -0.2) is 0 Å². The molecule has 4 heteroatoms. The molecule has 0 bridgehead atoms. The smallest absolute Gasteiger partial charge is 0.124 e. The third-order valence-corrected chi connectivity index (χ3v) is 2.91. The van der Waals surface area contributed by atoms with Crippen molar-refractivity contribution < 1.29 is 4.74 Å². The van der Waals surface area contributed by atoms with Gasteiger partial charge < -0.3 is 10.5 Å². The van der Waals surface area contributed by atoms with Crippen molar-refractivity contribution >= 4 is 11.6 Å². The molecule has 1 atom stereocenters. The molecular weight excluding hydrogens is 260 g/mol. The maximum Gasteiger partial charge on any atom is 0.124 e. The minimum Gasteiger partial charge on any atom is -0.491 e. The second-order valence-electron chi connectivity index (χ2n) is 4.58. The van der Waals surface area contributed by atoms with Crippen LogP contribution in [0.3, 0.4) is 0 Å². The molecule has 2 aromatic rings. The molecule has 0 aliphatic rings. The lowest BCUT2D eigenvalue weighted by molar-refractivity contribution is 0.239. The molecule has 0 amide bonds. The van der Waals surface area contributed by atoms with Crippen molar-refractivity contribution in [2.45, 2.75) is 26.0 Å². The fourth-order valence-electron chi connectivity index (χ4n) is 1.83. The molecule has 0 radical (unpaired) electrons. The Labute approximate surface area is 118 Å². The van der Waals surface area contributed by atoms with E-state index in [0.717, 1.165) is 17.0 Å². The summed E-state index contributed by atoms with van der Waals surface area (Å²) >= 11 is 5.83. The SMILES string of the molecule is CC(C)Oc1ccccc1C(N)c1ccc(Cl)cn1. The van der Waals surface area contributed by atoms with Crippen molar-refractivity contribution in [2.24, 2.45) is 5.73 Å². The molecule has 0 aliphatic heterocycles. The Bertz CT molecular complexity index is 540. The Hall–Kier alpha value is -1.58. The average molecular weight is 277 g/mol. The maximum absolute atomic E-state index is 6.26. The van der Waals surface area contributed by atoms with Crippen molar-refractivity contribution in [3.8, 4) is 5.75 Å². The van der Waals surface area contributed by atoms with Crippen LogP contribution < -0.4 is 10.5 Å². The predicted molar refractivity (Wildman–Crippen MR) is 77.5 cm³/mol. The van der Waals surface area contributed by atoms with Gasteiger partial charge in [0.25, 0.3) is 0 Å². The molecule has 1 heterocycles. The summed E-state index contributed by atoms with van der Waals surface area (Å²) in [6, 6.07) is 11.0. The first-order chi connectivity index (χ1) is 9.08. The van der Waals surface area contributed by atoms with Crippen molar-refractivity contribution in [3.05, 3.63) is 58.9 Å². The topological polar surface area (TPSA) is 48.1 Å². The van der Waals surface area contributed by atoms with Crippen LogP contribution in [0.1, 0.15) is 31.1 Å². The van der Waals surface area contributed by atoms with E-state index in [0.29, 0.717) is 5.02 Å². The number of para-hydroxylation sites is 1. The lowest BCUT2D eigenvalue weighted by Crippen LogP contribution is -2.16. The van der Waals surface area contributed by atoms with Gasteiger partial charge in [0, 0.05) is 11.8 Å². The Morgan fingerprint density at radius 3 is 2.53 bits per heavy atom. The first-order valence-electron chi connectivity index (χ1n) is 6.20. The Morgan fingerprint density at radius 1 is 1.16 bits per heavy atom. The number of nitrogens with two attached hydrogens (primary N) is 1. The molecule has 1 aromatic carbocycles. The van der Waals surface area contributed by atoms with Crippen molar-refractivity contribution in [2.75, 3.05) is 0 Å². The average Bonchev–Trinajstić information content (AvgIpc) is 2.39. The van der Waals surface area contributed by atoms with E-state index in [1.165, 1.54) is 0 Å². The lowest BCUT2D eigenvalue weighted by atomic mass is 10.0. The standard InChI is InChI=1S/C15H17ClN2O/c1-10(2)19-14-6-4-3-5-12(14)15(17)13-8-7-11(16)9-18-13/h3-10,15H,17H2,1-2H3. The van der Waals surface area contributed by atoms with Crippen LogP contribution in [-0.4, -0.2) is 11.1 Å². The van der Waals surface area contributed by atoms with Crippen LogP contribution in [0.5, 0.6) is 5.75 Å². The quantitative estimate of drug-likeness (QED) is 0.929. The van der Waals surface area contributed by atoms with Crippen molar-refractivity contribution in [3.63, 3.8) is 0 Å². The Balaban J connectivity index is 2.32. The maximum atomic E-state index is 6.26. The number of hydrogen-bond acceptors (Lipinski definition) is 3. The van der Waals surface area contributed by atoms with Crippen LogP contribution in [0.15, 0.2) is 42.6 Å². The van der Waals surface area contributed by atoms with E-state index >= 15 is 0 Å². The van der Waals surface area contributed by atoms with E-state index in [2.05, 4.69) is 4.98 Å². The van der Waals surface area contributed by atoms with E-state index in [-0.39, 0.29) is 12.1 Å². The van der Waals surface area contributed by atoms with E-state index in [9.17, 15) is 0 Å². The summed E-state index contributed by atoms with van der Waals surface area (Å²) in [7, 11) is 0. The minimum atomic E-state index is -0.327. The summed E-state index contributed by atoms with van der Waals surface area (Å²) in [4.78, 5) is 4.26. The van der Waals surface area contributed by atoms with Gasteiger partial charge in [-0.05, 0) is 32.0 Å². The van der Waals surface area contributed by atoms with Gasteiger partial charge in [0.05, 0.1) is 22.9 Å². The number of pyridine rings is 1. The fourth-order valence-corrected chi connectivity index (χ4v) is 1.94. The molecule has 3 nitrogen and oxygen atoms in total. The van der Waals surface area contributed by atoms with E-state index < -0.39 is 0 Å². The normalized spacial score (nSPS) is 12.5. The first kappa shape index (κ1) is 13.8. The highest BCUT2D eigenvalue weighted by Gasteiger charge is 2.15. The van der Waals surface area contributed by atoms with Gasteiger partial charge in [-0.2, -0.15) is 0 Å². The van der Waals surface area contributed by atoms with E-state index in [1.807, 2.05) is 44.2 Å². The van der Waals surface area contributed by atoms with Crippen LogP contribution in [0, 0.1) is 0 Å². The molecule has 0 saturated heterocycles. The van der Waals surface area contributed by atoms with Gasteiger partial charge in [0.15, 0.2) is 0 Å². The predicted octanol–water partition coefficient (Wildman–Crippen LogP) is 3.57. The lowest BCUT2D eigenvalue weighted by Gasteiger charge is -2.18. The third-order valence-electron chi connectivity index (χ3n) is 2.69. The zero-order chi connectivity index (χ0) is 13.8. The number of aromatic nitrogens is 1. The Morgan fingerprint density at radius 2 is 1.89 bits per heavy atom. The number of nitrogens with zero attached hydrogens (tertiary/aromatic N) is 1. The largest absolute Gasteiger partial charge is 0.491 e. The molecule has 0 saturated carbocycles. The summed E-state index contributed by atoms with van der Waals surface area (Å²) in [6.45, 7) is 3.98. The van der Waals surface area contributed by atoms with Crippen LogP contribution >= 0.6 is 11.6 Å². The zero-order valence-electron chi connectivity index (χ0n) is 11.0. The van der Waals surface area contributed by atoms with Gasteiger partial charge in [-0.1, -0.05) is 29.8 Å². The molecule has 100 valence electrons. The molecule has 0 spiro atoms. The van der Waals surface area contributed by atoms with Crippen LogP contribution in [0.2, 0.25) is 5.02 Å². The molecular formula is C15H17ClN2O. The van der Waals surface area contributed by atoms with Gasteiger partial charge in [-0.15, -0.1) is 0 Å². The molecule has 19 heavy (non-hydrogen) atoms. The summed E-state index contributed by atoms with van der Waals surface area (Å²) in [5.41, 5.74) is 7.95. The molecule has 1 unspecified atom stereocenters. The summed E-state index contributed by atoms with van der Waals surface area (Å²) < 4.78 is 5.78. The number of ether oxygens (including phenoxy) is 1. The fraction of sp³-hybridized carbons (Fsp3) is 0.267. The van der Waals surface area contributed by atoms with Gasteiger partial charge >= 0.3 is 0 Å². The van der Waals surface area contributed by atoms with Gasteiger partial charge in [-0.3, -0.25) is 4.98 Å². The van der Waals surface area contributed by atoms with Crippen molar-refractivity contribution in [1.29, 1.82) is 0 Å². The van der Waals surface area contributed by atoms with Crippen LogP contribution in [-0.2, 0) is 0 Å². The third kappa shape index (κ3) is 3.46. The highest BCUT2D eigenvalue weighted by molar-refractivity contribution is 6.30. The molecule has 0 fully saturated rings. The zero-order valence-corrected chi connectivity index (χ0v) is 11.8. The van der Waals surface area contributed by atoms with Gasteiger partial charge in [0.2, 0.25) is 0 Å². The monoisotopic (exact) mass is 276 g/mol. The minimum absolute atomic E-state index is 0.103. The number of halogens is 1. The van der Waals surface area contributed by atoms with Crippen LogP contribution in [0.25, 0.3) is 0 Å². The molecule has 2 rings (SSSR count). The second-order valence-corrected chi connectivity index (χ2v) is 5.02. The number of benzene rings is 1. The molecule has 1 aromatic heterocycles. The summed E-state index contributed by atoms with van der Waals surface area (Å²) in [5, 5.41) is 0.600. The molecule has 0 aliphatic carbocycles. The van der Waals surface area contributed by atoms with E-state index in [1.54, 1.807) is 12.3 Å².